The van der Waals surface area contributed by atoms with Gasteiger partial charge in [0.05, 0.1) is 18.8 Å². The Kier molecular flexibility index (Phi) is 6.77. The Morgan fingerprint density at radius 3 is 2.78 bits per heavy atom. The highest BCUT2D eigenvalue weighted by molar-refractivity contribution is 5.92. The summed E-state index contributed by atoms with van der Waals surface area (Å²) in [6.07, 6.45) is 0.691. The van der Waals surface area contributed by atoms with Gasteiger partial charge in [-0.3, -0.25) is 4.79 Å². The van der Waals surface area contributed by atoms with Gasteiger partial charge in [0.15, 0.2) is 5.76 Å². The number of amides is 1. The molecule has 0 atom stereocenters. The van der Waals surface area contributed by atoms with Gasteiger partial charge in [-0.05, 0) is 30.7 Å². The third-order valence-corrected chi connectivity index (χ3v) is 3.15. The van der Waals surface area contributed by atoms with E-state index in [0.717, 1.165) is 0 Å². The third kappa shape index (κ3) is 5.19. The smallest absolute Gasteiger partial charge is 0.287 e. The Morgan fingerprint density at radius 1 is 1.17 bits per heavy atom. The summed E-state index contributed by atoms with van der Waals surface area (Å²) in [6.45, 7) is 2.11. The first-order valence-electron chi connectivity index (χ1n) is 7.42. The number of carbonyl (C=O) groups excluding carboxylic acids is 1. The van der Waals surface area contributed by atoms with Gasteiger partial charge in [-0.25, -0.2) is 4.39 Å². The Balaban J connectivity index is 1.79. The van der Waals surface area contributed by atoms with Crippen LogP contribution in [-0.4, -0.2) is 39.4 Å². The maximum Gasteiger partial charge on any atom is 0.287 e. The van der Waals surface area contributed by atoms with Gasteiger partial charge in [0.2, 0.25) is 0 Å². The fourth-order valence-corrected chi connectivity index (χ4v) is 1.97. The highest BCUT2D eigenvalue weighted by atomic mass is 19.1. The molecule has 2 rings (SSSR count). The van der Waals surface area contributed by atoms with Crippen molar-refractivity contribution < 1.29 is 23.1 Å². The molecule has 5 nitrogen and oxygen atoms in total. The van der Waals surface area contributed by atoms with Gasteiger partial charge in [0.1, 0.15) is 11.6 Å². The topological polar surface area (TPSA) is 60.7 Å². The summed E-state index contributed by atoms with van der Waals surface area (Å²) in [7, 11) is 1.61. The Morgan fingerprint density at radius 2 is 2.00 bits per heavy atom. The van der Waals surface area contributed by atoms with Crippen LogP contribution in [0.1, 0.15) is 17.0 Å². The first-order chi connectivity index (χ1) is 11.2. The number of hydrogen-bond acceptors (Lipinski definition) is 4. The second-order valence-corrected chi connectivity index (χ2v) is 4.86. The SMILES string of the molecule is COCCOCCCNC(=O)c1ccc(-c2ccccc2F)o1. The maximum atomic E-state index is 13.7. The number of rotatable bonds is 9. The molecule has 0 radical (unpaired) electrons. The molecule has 0 spiro atoms. The van der Waals surface area contributed by atoms with Crippen LogP contribution in [0.25, 0.3) is 11.3 Å². The van der Waals surface area contributed by atoms with Crippen LogP contribution < -0.4 is 5.32 Å². The number of carbonyl (C=O) groups is 1. The van der Waals surface area contributed by atoms with Crippen LogP contribution >= 0.6 is 0 Å². The number of halogens is 1. The molecule has 0 bridgehead atoms. The molecule has 0 aliphatic heterocycles. The molecule has 1 N–H and O–H groups in total. The summed E-state index contributed by atoms with van der Waals surface area (Å²) in [4.78, 5) is 12.0. The molecular formula is C17H20FNO4. The van der Waals surface area contributed by atoms with Gasteiger partial charge in [0.25, 0.3) is 5.91 Å². The number of benzene rings is 1. The Labute approximate surface area is 134 Å². The van der Waals surface area contributed by atoms with E-state index in [4.69, 9.17) is 13.9 Å². The van der Waals surface area contributed by atoms with Gasteiger partial charge >= 0.3 is 0 Å². The molecule has 1 aromatic heterocycles. The molecule has 1 heterocycles. The molecule has 6 heteroatoms. The second-order valence-electron chi connectivity index (χ2n) is 4.86. The predicted molar refractivity (Wildman–Crippen MR) is 83.7 cm³/mol. The summed E-state index contributed by atoms with van der Waals surface area (Å²) in [5.74, 6) is -0.230. The Hall–Kier alpha value is -2.18. The van der Waals surface area contributed by atoms with E-state index in [1.165, 1.54) is 12.1 Å². The molecule has 0 saturated carbocycles. The average Bonchev–Trinajstić information content (AvgIpc) is 3.04. The molecule has 1 amide bonds. The lowest BCUT2D eigenvalue weighted by molar-refractivity contribution is 0.0687. The number of nitrogens with one attached hydrogen (secondary N) is 1. The van der Waals surface area contributed by atoms with Crippen LogP contribution in [0.3, 0.4) is 0 Å². The van der Waals surface area contributed by atoms with Crippen molar-refractivity contribution in [1.29, 1.82) is 0 Å². The molecule has 0 aliphatic rings. The van der Waals surface area contributed by atoms with Crippen LogP contribution in [0, 0.1) is 5.82 Å². The Bertz CT molecular complexity index is 627. The quantitative estimate of drug-likeness (QED) is 0.722. The van der Waals surface area contributed by atoms with Crippen LogP contribution in [0.4, 0.5) is 4.39 Å². The number of ether oxygens (including phenoxy) is 2. The minimum atomic E-state index is -0.387. The molecule has 1 aromatic carbocycles. The second kappa shape index (κ2) is 9.07. The normalized spacial score (nSPS) is 10.7. The average molecular weight is 321 g/mol. The standard InChI is InChI=1S/C17H20FNO4/c1-21-11-12-22-10-4-9-19-17(20)16-8-7-15(23-16)13-5-2-3-6-14(13)18/h2-3,5-8H,4,9-12H2,1H3,(H,19,20). The minimum Gasteiger partial charge on any atom is -0.451 e. The summed E-state index contributed by atoms with van der Waals surface area (Å²) in [5.41, 5.74) is 0.332. The van der Waals surface area contributed by atoms with Crippen molar-refractivity contribution in [3.63, 3.8) is 0 Å². The lowest BCUT2D eigenvalue weighted by atomic mass is 10.1. The summed E-state index contributed by atoms with van der Waals surface area (Å²) in [5, 5.41) is 2.73. The summed E-state index contributed by atoms with van der Waals surface area (Å²) in [6, 6.07) is 9.39. The predicted octanol–water partition coefficient (Wildman–Crippen LogP) is 2.87. The van der Waals surface area contributed by atoms with E-state index in [1.807, 2.05) is 0 Å². The van der Waals surface area contributed by atoms with Crippen molar-refractivity contribution in [2.45, 2.75) is 6.42 Å². The van der Waals surface area contributed by atoms with E-state index in [2.05, 4.69) is 5.32 Å². The van der Waals surface area contributed by atoms with Gasteiger partial charge in [-0.15, -0.1) is 0 Å². The molecule has 23 heavy (non-hydrogen) atoms. The zero-order chi connectivity index (χ0) is 16.5. The molecule has 2 aromatic rings. The van der Waals surface area contributed by atoms with Gasteiger partial charge in [0, 0.05) is 20.3 Å². The van der Waals surface area contributed by atoms with E-state index >= 15 is 0 Å². The fourth-order valence-electron chi connectivity index (χ4n) is 1.97. The number of methoxy groups -OCH3 is 1. The van der Waals surface area contributed by atoms with Crippen LogP contribution in [0.15, 0.2) is 40.8 Å². The van der Waals surface area contributed by atoms with Gasteiger partial charge < -0.3 is 19.2 Å². The van der Waals surface area contributed by atoms with Crippen LogP contribution in [0.2, 0.25) is 0 Å². The van der Waals surface area contributed by atoms with E-state index in [9.17, 15) is 9.18 Å². The molecule has 0 saturated heterocycles. The summed E-state index contributed by atoms with van der Waals surface area (Å²) < 4.78 is 29.3. The zero-order valence-corrected chi connectivity index (χ0v) is 13.0. The van der Waals surface area contributed by atoms with Crippen molar-refractivity contribution >= 4 is 5.91 Å². The fraction of sp³-hybridized carbons (Fsp3) is 0.353. The molecule has 0 fully saturated rings. The van der Waals surface area contributed by atoms with E-state index < -0.39 is 0 Å². The first-order valence-corrected chi connectivity index (χ1v) is 7.42. The van der Waals surface area contributed by atoms with Crippen molar-refractivity contribution in [3.8, 4) is 11.3 Å². The van der Waals surface area contributed by atoms with Gasteiger partial charge in [-0.1, -0.05) is 12.1 Å². The van der Waals surface area contributed by atoms with E-state index in [1.54, 1.807) is 31.4 Å². The van der Waals surface area contributed by atoms with Crippen LogP contribution in [-0.2, 0) is 9.47 Å². The minimum absolute atomic E-state index is 0.156. The van der Waals surface area contributed by atoms with Crippen molar-refractivity contribution in [1.82, 2.24) is 5.32 Å². The van der Waals surface area contributed by atoms with Crippen molar-refractivity contribution in [2.75, 3.05) is 33.5 Å². The number of furan rings is 1. The molecular weight excluding hydrogens is 301 g/mol. The largest absolute Gasteiger partial charge is 0.451 e. The zero-order valence-electron chi connectivity index (χ0n) is 13.0. The van der Waals surface area contributed by atoms with Crippen molar-refractivity contribution in [2.24, 2.45) is 0 Å². The third-order valence-electron chi connectivity index (χ3n) is 3.15. The lowest BCUT2D eigenvalue weighted by Crippen LogP contribution is -2.25. The highest BCUT2D eigenvalue weighted by Gasteiger charge is 2.13. The molecule has 0 aliphatic carbocycles. The van der Waals surface area contributed by atoms with E-state index in [0.29, 0.717) is 44.1 Å². The van der Waals surface area contributed by atoms with Crippen LogP contribution in [0.5, 0.6) is 0 Å². The summed E-state index contributed by atoms with van der Waals surface area (Å²) >= 11 is 0. The lowest BCUT2D eigenvalue weighted by Gasteiger charge is -2.05. The number of hydrogen-bond donors (Lipinski definition) is 1. The maximum absolute atomic E-state index is 13.7. The first kappa shape index (κ1) is 17.2. The van der Waals surface area contributed by atoms with E-state index in [-0.39, 0.29) is 17.5 Å². The van der Waals surface area contributed by atoms with Gasteiger partial charge in [-0.2, -0.15) is 0 Å². The molecule has 124 valence electrons. The highest BCUT2D eigenvalue weighted by Crippen LogP contribution is 2.24. The molecule has 0 unspecified atom stereocenters. The van der Waals surface area contributed by atoms with Crippen molar-refractivity contribution in [3.05, 3.63) is 48.0 Å². The monoisotopic (exact) mass is 321 g/mol.